The van der Waals surface area contributed by atoms with Crippen LogP contribution in [0.15, 0.2) is 36.4 Å². The maximum absolute atomic E-state index is 13.8. The molecule has 0 radical (unpaired) electrons. The van der Waals surface area contributed by atoms with Crippen LogP contribution >= 0.6 is 11.6 Å². The lowest BCUT2D eigenvalue weighted by molar-refractivity contribution is 0.206. The summed E-state index contributed by atoms with van der Waals surface area (Å²) >= 11 is 5.72. The number of fused-ring (bicyclic) bond motifs is 1. The van der Waals surface area contributed by atoms with Gasteiger partial charge in [0.15, 0.2) is 0 Å². The Labute approximate surface area is 145 Å². The second kappa shape index (κ2) is 7.09. The molecule has 0 atom stereocenters. The second-order valence-electron chi connectivity index (χ2n) is 5.59. The molecule has 126 valence electrons. The summed E-state index contributed by atoms with van der Waals surface area (Å²) in [5.41, 5.74) is 2.39. The van der Waals surface area contributed by atoms with Gasteiger partial charge < -0.3 is 15.0 Å². The zero-order valence-corrected chi connectivity index (χ0v) is 14.1. The van der Waals surface area contributed by atoms with Gasteiger partial charge in [0.2, 0.25) is 0 Å². The minimum atomic E-state index is -0.549. The highest BCUT2D eigenvalue weighted by Crippen LogP contribution is 2.25. The van der Waals surface area contributed by atoms with Crippen LogP contribution < -0.4 is 10.1 Å². The topological polar surface area (TPSA) is 41.6 Å². The smallest absolute Gasteiger partial charge is 0.322 e. The molecule has 1 N–H and O–H groups in total. The van der Waals surface area contributed by atoms with Crippen molar-refractivity contribution < 1.29 is 13.9 Å². The van der Waals surface area contributed by atoms with Gasteiger partial charge >= 0.3 is 6.03 Å². The van der Waals surface area contributed by atoms with E-state index in [-0.39, 0.29) is 11.7 Å². The highest BCUT2D eigenvalue weighted by atomic mass is 35.5. The van der Waals surface area contributed by atoms with Crippen LogP contribution in [0, 0.1) is 5.82 Å². The Morgan fingerprint density at radius 2 is 2.12 bits per heavy atom. The van der Waals surface area contributed by atoms with Gasteiger partial charge in [0.05, 0.1) is 12.3 Å². The number of amides is 2. The van der Waals surface area contributed by atoms with E-state index in [9.17, 15) is 9.18 Å². The van der Waals surface area contributed by atoms with Gasteiger partial charge in [-0.1, -0.05) is 17.7 Å². The van der Waals surface area contributed by atoms with Gasteiger partial charge in [0.25, 0.3) is 0 Å². The zero-order chi connectivity index (χ0) is 17.1. The molecular formula is C18H18ClFN2O2. The maximum atomic E-state index is 13.8. The summed E-state index contributed by atoms with van der Waals surface area (Å²) in [6, 6.07) is 9.79. The van der Waals surface area contributed by atoms with E-state index in [4.69, 9.17) is 16.3 Å². The number of ether oxygens (including phenoxy) is 1. The molecule has 2 amide bonds. The normalized spacial score (nSPS) is 13.4. The molecule has 0 bridgehead atoms. The van der Waals surface area contributed by atoms with E-state index in [1.807, 2.05) is 25.1 Å². The molecule has 0 unspecified atom stereocenters. The molecular weight excluding hydrogens is 331 g/mol. The zero-order valence-electron chi connectivity index (χ0n) is 13.3. The Morgan fingerprint density at radius 3 is 2.88 bits per heavy atom. The Kier molecular flexibility index (Phi) is 4.90. The molecule has 0 aliphatic carbocycles. The molecule has 1 aliphatic heterocycles. The first-order chi connectivity index (χ1) is 11.6. The van der Waals surface area contributed by atoms with E-state index >= 15 is 0 Å². The number of nitrogens with zero attached hydrogens (tertiary/aromatic N) is 1. The summed E-state index contributed by atoms with van der Waals surface area (Å²) in [4.78, 5) is 14.1. The predicted molar refractivity (Wildman–Crippen MR) is 92.2 cm³/mol. The van der Waals surface area contributed by atoms with Gasteiger partial charge in [-0.05, 0) is 54.8 Å². The number of rotatable bonds is 3. The van der Waals surface area contributed by atoms with Crippen LogP contribution in [0.4, 0.5) is 14.9 Å². The fourth-order valence-corrected chi connectivity index (χ4v) is 2.91. The summed E-state index contributed by atoms with van der Waals surface area (Å²) in [6.45, 7) is 3.58. The first-order valence-electron chi connectivity index (χ1n) is 7.82. The number of anilines is 1. The van der Waals surface area contributed by atoms with Crippen molar-refractivity contribution in [2.24, 2.45) is 0 Å². The van der Waals surface area contributed by atoms with Crippen molar-refractivity contribution in [3.63, 3.8) is 0 Å². The van der Waals surface area contributed by atoms with Crippen LogP contribution in [0.2, 0.25) is 5.02 Å². The van der Waals surface area contributed by atoms with Crippen LogP contribution in [0.25, 0.3) is 0 Å². The summed E-state index contributed by atoms with van der Waals surface area (Å²) < 4.78 is 19.3. The first kappa shape index (κ1) is 16.6. The minimum Gasteiger partial charge on any atom is -0.494 e. The second-order valence-corrected chi connectivity index (χ2v) is 6.03. The molecule has 0 aromatic heterocycles. The molecule has 0 saturated carbocycles. The maximum Gasteiger partial charge on any atom is 0.322 e. The number of hydrogen-bond donors (Lipinski definition) is 1. The number of carbonyl (C=O) groups is 1. The van der Waals surface area contributed by atoms with Crippen LogP contribution in [0.1, 0.15) is 18.1 Å². The van der Waals surface area contributed by atoms with E-state index in [0.717, 1.165) is 17.7 Å². The van der Waals surface area contributed by atoms with Crippen molar-refractivity contribution in [2.75, 3.05) is 18.5 Å². The van der Waals surface area contributed by atoms with E-state index in [0.29, 0.717) is 24.7 Å². The fourth-order valence-electron chi connectivity index (χ4n) is 2.75. The molecule has 2 aromatic rings. The number of benzene rings is 2. The molecule has 3 rings (SSSR count). The number of halogens is 2. The van der Waals surface area contributed by atoms with Gasteiger partial charge in [-0.2, -0.15) is 0 Å². The number of hydrogen-bond acceptors (Lipinski definition) is 2. The fraction of sp³-hybridized carbons (Fsp3) is 0.278. The summed E-state index contributed by atoms with van der Waals surface area (Å²) in [6.07, 6.45) is 0.762. The Balaban J connectivity index is 1.72. The van der Waals surface area contributed by atoms with E-state index in [1.54, 1.807) is 11.0 Å². The molecule has 1 heterocycles. The molecule has 1 aliphatic rings. The minimum absolute atomic E-state index is 0.123. The molecule has 6 heteroatoms. The van der Waals surface area contributed by atoms with Crippen molar-refractivity contribution in [3.05, 3.63) is 58.4 Å². The summed E-state index contributed by atoms with van der Waals surface area (Å²) in [5.74, 6) is 0.245. The van der Waals surface area contributed by atoms with E-state index in [2.05, 4.69) is 5.32 Å². The Morgan fingerprint density at radius 1 is 1.29 bits per heavy atom. The molecule has 0 fully saturated rings. The molecule has 4 nitrogen and oxygen atoms in total. The third-order valence-corrected chi connectivity index (χ3v) is 4.20. The third-order valence-electron chi connectivity index (χ3n) is 3.96. The lowest BCUT2D eigenvalue weighted by Gasteiger charge is -2.29. The molecule has 0 spiro atoms. The SMILES string of the molecule is CCOc1ccc2c(c1)CN(C(=O)Nc1ccc(Cl)cc1F)CC2. The van der Waals surface area contributed by atoms with E-state index < -0.39 is 5.82 Å². The number of nitrogens with one attached hydrogen (secondary N) is 1. The van der Waals surface area contributed by atoms with Crippen LogP contribution in [0.3, 0.4) is 0 Å². The molecule has 2 aromatic carbocycles. The van der Waals surface area contributed by atoms with Gasteiger partial charge in [-0.25, -0.2) is 9.18 Å². The van der Waals surface area contributed by atoms with Crippen molar-refractivity contribution >= 4 is 23.3 Å². The molecule has 0 saturated heterocycles. The van der Waals surface area contributed by atoms with Gasteiger partial charge in [-0.3, -0.25) is 0 Å². The van der Waals surface area contributed by atoms with E-state index in [1.165, 1.54) is 17.7 Å². The average molecular weight is 349 g/mol. The lowest BCUT2D eigenvalue weighted by Crippen LogP contribution is -2.39. The first-order valence-corrected chi connectivity index (χ1v) is 8.20. The van der Waals surface area contributed by atoms with Crippen molar-refractivity contribution in [1.29, 1.82) is 0 Å². The average Bonchev–Trinajstić information content (AvgIpc) is 2.57. The predicted octanol–water partition coefficient (Wildman–Crippen LogP) is 4.47. The quantitative estimate of drug-likeness (QED) is 0.889. The standard InChI is InChI=1S/C18H18ClFN2O2/c1-2-24-15-5-3-12-7-8-22(11-13(12)9-15)18(23)21-17-6-4-14(19)10-16(17)20/h3-6,9-10H,2,7-8,11H2,1H3,(H,21,23). The van der Waals surface area contributed by atoms with Gasteiger partial charge in [0, 0.05) is 18.1 Å². The highest BCUT2D eigenvalue weighted by Gasteiger charge is 2.22. The largest absolute Gasteiger partial charge is 0.494 e. The van der Waals surface area contributed by atoms with Crippen LogP contribution in [-0.4, -0.2) is 24.1 Å². The van der Waals surface area contributed by atoms with Crippen molar-refractivity contribution in [2.45, 2.75) is 19.9 Å². The third kappa shape index (κ3) is 3.62. The monoisotopic (exact) mass is 348 g/mol. The lowest BCUT2D eigenvalue weighted by atomic mass is 10.00. The Bertz CT molecular complexity index is 767. The van der Waals surface area contributed by atoms with Crippen LogP contribution in [0.5, 0.6) is 5.75 Å². The summed E-state index contributed by atoms with van der Waals surface area (Å²) in [5, 5.41) is 2.89. The summed E-state index contributed by atoms with van der Waals surface area (Å²) in [7, 11) is 0. The molecule has 24 heavy (non-hydrogen) atoms. The number of urea groups is 1. The Hall–Kier alpha value is -2.27. The van der Waals surface area contributed by atoms with Gasteiger partial charge in [0.1, 0.15) is 11.6 Å². The van der Waals surface area contributed by atoms with Crippen molar-refractivity contribution in [1.82, 2.24) is 4.90 Å². The van der Waals surface area contributed by atoms with Crippen molar-refractivity contribution in [3.8, 4) is 5.75 Å². The highest BCUT2D eigenvalue weighted by molar-refractivity contribution is 6.30. The van der Waals surface area contributed by atoms with Crippen LogP contribution in [-0.2, 0) is 13.0 Å². The van der Waals surface area contributed by atoms with Gasteiger partial charge in [-0.15, -0.1) is 0 Å². The number of carbonyl (C=O) groups excluding carboxylic acids is 1.